The smallest absolute Gasteiger partial charge is 0.271 e. The summed E-state index contributed by atoms with van der Waals surface area (Å²) in [6, 6.07) is 20.9. The predicted molar refractivity (Wildman–Crippen MR) is 134 cm³/mol. The third kappa shape index (κ3) is 5.84. The molecule has 1 aromatic heterocycles. The van der Waals surface area contributed by atoms with Crippen molar-refractivity contribution in [2.24, 2.45) is 5.92 Å². The summed E-state index contributed by atoms with van der Waals surface area (Å²) in [5.74, 6) is 1.41. The molecule has 0 bridgehead atoms. The van der Waals surface area contributed by atoms with Gasteiger partial charge in [-0.05, 0) is 68.5 Å². The predicted octanol–water partition coefficient (Wildman–Crippen LogP) is 3.60. The van der Waals surface area contributed by atoms with E-state index in [0.29, 0.717) is 18.1 Å². The Kier molecular flexibility index (Phi) is 7.62. The molecule has 178 valence electrons. The molecule has 2 atom stereocenters. The minimum atomic E-state index is -0.201. The second-order valence-electron chi connectivity index (χ2n) is 8.86. The van der Waals surface area contributed by atoms with Gasteiger partial charge in [-0.15, -0.1) is 5.10 Å². The molecule has 1 amide bonds. The Labute approximate surface area is 200 Å². The number of aromatic nitrogens is 2. The molecule has 1 aliphatic rings. The zero-order valence-corrected chi connectivity index (χ0v) is 19.8. The number of aryl methyl sites for hydroxylation is 1. The number of piperidine rings is 1. The molecule has 2 aromatic carbocycles. The molecule has 1 N–H and O–H groups in total. The Hall–Kier alpha value is -3.61. The van der Waals surface area contributed by atoms with Crippen LogP contribution in [0.2, 0.25) is 0 Å². The summed E-state index contributed by atoms with van der Waals surface area (Å²) in [4.78, 5) is 27.5. The van der Waals surface area contributed by atoms with Crippen LogP contribution < -0.4 is 20.5 Å². The third-order valence-corrected chi connectivity index (χ3v) is 6.32. The molecule has 4 rings (SSSR count). The highest BCUT2D eigenvalue weighted by Crippen LogP contribution is 2.22. The quantitative estimate of drug-likeness (QED) is 0.556. The van der Waals surface area contributed by atoms with Gasteiger partial charge in [0.25, 0.3) is 5.56 Å². The first-order chi connectivity index (χ1) is 16.5. The van der Waals surface area contributed by atoms with E-state index in [4.69, 9.17) is 4.74 Å². The number of anilines is 1. The second kappa shape index (κ2) is 11.0. The lowest BCUT2D eigenvalue weighted by Crippen LogP contribution is -2.46. The molecule has 2 heterocycles. The number of amides is 1. The van der Waals surface area contributed by atoms with Gasteiger partial charge in [-0.2, -0.15) is 4.68 Å². The lowest BCUT2D eigenvalue weighted by Gasteiger charge is -2.33. The van der Waals surface area contributed by atoms with E-state index in [1.165, 1.54) is 16.3 Å². The van der Waals surface area contributed by atoms with Crippen LogP contribution >= 0.6 is 0 Å². The van der Waals surface area contributed by atoms with Gasteiger partial charge in [0, 0.05) is 25.2 Å². The molecule has 0 saturated carbocycles. The first kappa shape index (κ1) is 23.5. The topological polar surface area (TPSA) is 76.5 Å². The Morgan fingerprint density at radius 1 is 1.12 bits per heavy atom. The van der Waals surface area contributed by atoms with Gasteiger partial charge in [0.1, 0.15) is 11.6 Å². The minimum absolute atomic E-state index is 0.0914. The maximum atomic E-state index is 13.0. The molecular weight excluding hydrogens is 428 g/mol. The average molecular weight is 461 g/mol. The molecule has 0 aliphatic carbocycles. The fourth-order valence-corrected chi connectivity index (χ4v) is 4.34. The SMILES string of the molecule is COc1ccc(-n2nc(N3CCC[C@@H](C(=O)N[C@H](C)CCc4ccccc4)C3)ccc2=O)cc1. The summed E-state index contributed by atoms with van der Waals surface area (Å²) < 4.78 is 6.59. The monoisotopic (exact) mass is 460 g/mol. The maximum absolute atomic E-state index is 13.0. The minimum Gasteiger partial charge on any atom is -0.497 e. The first-order valence-electron chi connectivity index (χ1n) is 11.9. The highest BCUT2D eigenvalue weighted by Gasteiger charge is 2.27. The molecule has 1 fully saturated rings. The largest absolute Gasteiger partial charge is 0.497 e. The zero-order chi connectivity index (χ0) is 23.9. The van der Waals surface area contributed by atoms with Gasteiger partial charge >= 0.3 is 0 Å². The van der Waals surface area contributed by atoms with E-state index in [-0.39, 0.29) is 23.4 Å². The van der Waals surface area contributed by atoms with Crippen LogP contribution in [0, 0.1) is 5.92 Å². The van der Waals surface area contributed by atoms with Crippen molar-refractivity contribution in [3.8, 4) is 11.4 Å². The van der Waals surface area contributed by atoms with Gasteiger partial charge in [-0.25, -0.2) is 0 Å². The van der Waals surface area contributed by atoms with E-state index >= 15 is 0 Å². The number of nitrogens with one attached hydrogen (secondary N) is 1. The van der Waals surface area contributed by atoms with Crippen LogP contribution in [0.15, 0.2) is 71.5 Å². The van der Waals surface area contributed by atoms with Gasteiger partial charge in [0.2, 0.25) is 5.91 Å². The maximum Gasteiger partial charge on any atom is 0.271 e. The molecule has 0 unspecified atom stereocenters. The van der Waals surface area contributed by atoms with Crippen molar-refractivity contribution in [1.29, 1.82) is 0 Å². The van der Waals surface area contributed by atoms with E-state index in [1.54, 1.807) is 37.4 Å². The summed E-state index contributed by atoms with van der Waals surface area (Å²) in [6.45, 7) is 3.46. The van der Waals surface area contributed by atoms with Gasteiger partial charge in [-0.1, -0.05) is 30.3 Å². The highest BCUT2D eigenvalue weighted by molar-refractivity contribution is 5.79. The van der Waals surface area contributed by atoms with Crippen LogP contribution in [0.1, 0.15) is 31.7 Å². The summed E-state index contributed by atoms with van der Waals surface area (Å²) in [6.07, 6.45) is 3.60. The lowest BCUT2D eigenvalue weighted by atomic mass is 9.96. The third-order valence-electron chi connectivity index (χ3n) is 6.32. The van der Waals surface area contributed by atoms with Crippen molar-refractivity contribution in [1.82, 2.24) is 15.1 Å². The van der Waals surface area contributed by atoms with Crippen LogP contribution in [-0.4, -0.2) is 41.9 Å². The van der Waals surface area contributed by atoms with Crippen molar-refractivity contribution >= 4 is 11.7 Å². The van der Waals surface area contributed by atoms with Crippen LogP contribution in [-0.2, 0) is 11.2 Å². The summed E-state index contributed by atoms with van der Waals surface area (Å²) in [7, 11) is 1.60. The molecule has 1 aliphatic heterocycles. The molecule has 3 aromatic rings. The van der Waals surface area contributed by atoms with E-state index in [2.05, 4.69) is 34.4 Å². The standard InChI is InChI=1S/C27H32N4O3/c1-20(10-11-21-7-4-3-5-8-21)28-27(33)22-9-6-18-30(19-22)25-16-17-26(32)31(29-25)23-12-14-24(34-2)15-13-23/h3-5,7-8,12-17,20,22H,6,9-11,18-19H2,1-2H3,(H,28,33)/t20-,22-/m1/s1. The number of carbonyl (C=O) groups is 1. The van der Waals surface area contributed by atoms with E-state index < -0.39 is 0 Å². The summed E-state index contributed by atoms with van der Waals surface area (Å²) >= 11 is 0. The van der Waals surface area contributed by atoms with Crippen molar-refractivity contribution in [2.75, 3.05) is 25.1 Å². The second-order valence-corrected chi connectivity index (χ2v) is 8.86. The van der Waals surface area contributed by atoms with Crippen molar-refractivity contribution in [2.45, 2.75) is 38.6 Å². The Bertz CT molecular complexity index is 1140. The summed E-state index contributed by atoms with van der Waals surface area (Å²) in [5, 5.41) is 7.79. The number of methoxy groups -OCH3 is 1. The molecule has 0 radical (unpaired) electrons. The Morgan fingerprint density at radius 2 is 1.88 bits per heavy atom. The van der Waals surface area contributed by atoms with E-state index in [1.807, 2.05) is 18.2 Å². The lowest BCUT2D eigenvalue weighted by molar-refractivity contribution is -0.125. The van der Waals surface area contributed by atoms with Crippen LogP contribution in [0.5, 0.6) is 5.75 Å². The fourth-order valence-electron chi connectivity index (χ4n) is 4.34. The normalized spacial score (nSPS) is 16.6. The number of ether oxygens (including phenoxy) is 1. The first-order valence-corrected chi connectivity index (χ1v) is 11.9. The fraction of sp³-hybridized carbons (Fsp3) is 0.370. The van der Waals surface area contributed by atoms with E-state index in [0.717, 1.165) is 38.0 Å². The van der Waals surface area contributed by atoms with Crippen LogP contribution in [0.25, 0.3) is 5.69 Å². The molecule has 7 heteroatoms. The molecule has 34 heavy (non-hydrogen) atoms. The van der Waals surface area contributed by atoms with Crippen molar-refractivity contribution < 1.29 is 9.53 Å². The van der Waals surface area contributed by atoms with Crippen molar-refractivity contribution in [3.05, 3.63) is 82.6 Å². The number of hydrogen-bond acceptors (Lipinski definition) is 5. The van der Waals surface area contributed by atoms with Crippen LogP contribution in [0.4, 0.5) is 5.82 Å². The zero-order valence-electron chi connectivity index (χ0n) is 19.8. The van der Waals surface area contributed by atoms with Crippen LogP contribution in [0.3, 0.4) is 0 Å². The average Bonchev–Trinajstić information content (AvgIpc) is 2.88. The van der Waals surface area contributed by atoms with Gasteiger partial charge in [0.05, 0.1) is 18.7 Å². The number of benzene rings is 2. The number of nitrogens with zero attached hydrogens (tertiary/aromatic N) is 3. The van der Waals surface area contributed by atoms with Gasteiger partial charge in [-0.3, -0.25) is 9.59 Å². The number of rotatable bonds is 8. The molecule has 7 nitrogen and oxygen atoms in total. The number of hydrogen-bond donors (Lipinski definition) is 1. The van der Waals surface area contributed by atoms with Gasteiger partial charge < -0.3 is 15.0 Å². The molecule has 0 spiro atoms. The Morgan fingerprint density at radius 3 is 2.62 bits per heavy atom. The Balaban J connectivity index is 1.39. The van der Waals surface area contributed by atoms with Crippen molar-refractivity contribution in [3.63, 3.8) is 0 Å². The highest BCUT2D eigenvalue weighted by atomic mass is 16.5. The molecule has 1 saturated heterocycles. The van der Waals surface area contributed by atoms with Gasteiger partial charge in [0.15, 0.2) is 0 Å². The van der Waals surface area contributed by atoms with E-state index in [9.17, 15) is 9.59 Å². The number of carbonyl (C=O) groups excluding carboxylic acids is 1. The summed E-state index contributed by atoms with van der Waals surface area (Å²) in [5.41, 5.74) is 1.75. The molecular formula is C27H32N4O3.